The Bertz CT molecular complexity index is 760. The van der Waals surface area contributed by atoms with Gasteiger partial charge in [-0.3, -0.25) is 0 Å². The molecule has 0 bridgehead atoms. The lowest BCUT2D eigenvalue weighted by molar-refractivity contribution is 0.475. The van der Waals surface area contributed by atoms with Crippen molar-refractivity contribution in [2.24, 2.45) is 5.10 Å². The van der Waals surface area contributed by atoms with E-state index in [0.29, 0.717) is 5.75 Å². The van der Waals surface area contributed by atoms with Crippen LogP contribution < -0.4 is 5.43 Å². The van der Waals surface area contributed by atoms with E-state index in [4.69, 9.17) is 0 Å². The summed E-state index contributed by atoms with van der Waals surface area (Å²) >= 11 is 0. The van der Waals surface area contributed by atoms with Gasteiger partial charge >= 0.3 is 0 Å². The SMILES string of the molecule is Oc1ccc(CCC2=NNC/C2=C\c2cc3c([nH]2)CCCC3)cc1. The van der Waals surface area contributed by atoms with Crippen molar-refractivity contribution in [1.82, 2.24) is 10.4 Å². The van der Waals surface area contributed by atoms with Gasteiger partial charge in [0, 0.05) is 11.4 Å². The Balaban J connectivity index is 1.46. The molecule has 1 aromatic carbocycles. The number of hydrogen-bond donors (Lipinski definition) is 3. The number of phenols is 1. The molecular formula is C20H23N3O. The highest BCUT2D eigenvalue weighted by Gasteiger charge is 2.16. The minimum Gasteiger partial charge on any atom is -0.508 e. The number of fused-ring (bicyclic) bond motifs is 1. The van der Waals surface area contributed by atoms with Crippen molar-refractivity contribution < 1.29 is 5.11 Å². The molecule has 2 aliphatic rings. The summed E-state index contributed by atoms with van der Waals surface area (Å²) in [6.45, 7) is 0.800. The van der Waals surface area contributed by atoms with Gasteiger partial charge in [-0.25, -0.2) is 0 Å². The molecule has 0 unspecified atom stereocenters. The number of phenolic OH excluding ortho intramolecular Hbond substituents is 1. The van der Waals surface area contributed by atoms with Gasteiger partial charge in [0.05, 0.1) is 12.3 Å². The molecule has 0 saturated carbocycles. The van der Waals surface area contributed by atoms with Crippen molar-refractivity contribution in [3.8, 4) is 5.75 Å². The fourth-order valence-electron chi connectivity index (χ4n) is 3.56. The second-order valence-electron chi connectivity index (χ2n) is 6.66. The molecule has 0 atom stereocenters. The molecule has 1 aromatic heterocycles. The first kappa shape index (κ1) is 15.1. The van der Waals surface area contributed by atoms with Crippen LogP contribution in [0.25, 0.3) is 6.08 Å². The third-order valence-electron chi connectivity index (χ3n) is 4.91. The fourth-order valence-corrected chi connectivity index (χ4v) is 3.56. The molecule has 2 aromatic rings. The van der Waals surface area contributed by atoms with E-state index in [9.17, 15) is 5.11 Å². The number of H-pyrrole nitrogens is 1. The van der Waals surface area contributed by atoms with Gasteiger partial charge < -0.3 is 15.5 Å². The fraction of sp³-hybridized carbons (Fsp3) is 0.350. The largest absolute Gasteiger partial charge is 0.508 e. The Morgan fingerprint density at radius 2 is 1.92 bits per heavy atom. The highest BCUT2D eigenvalue weighted by molar-refractivity contribution is 6.05. The van der Waals surface area contributed by atoms with Crippen molar-refractivity contribution in [2.45, 2.75) is 38.5 Å². The summed E-state index contributed by atoms with van der Waals surface area (Å²) in [7, 11) is 0. The first-order valence-electron chi connectivity index (χ1n) is 8.77. The Kier molecular flexibility index (Phi) is 4.11. The van der Waals surface area contributed by atoms with Gasteiger partial charge in [-0.2, -0.15) is 5.10 Å². The first-order valence-corrected chi connectivity index (χ1v) is 8.77. The number of aromatic amines is 1. The van der Waals surface area contributed by atoms with Crippen molar-refractivity contribution in [3.63, 3.8) is 0 Å². The Labute approximate surface area is 142 Å². The van der Waals surface area contributed by atoms with Gasteiger partial charge in [0.1, 0.15) is 5.75 Å². The maximum Gasteiger partial charge on any atom is 0.115 e. The average molecular weight is 321 g/mol. The molecule has 1 aliphatic heterocycles. The van der Waals surface area contributed by atoms with Crippen LogP contribution in [0.5, 0.6) is 5.75 Å². The van der Waals surface area contributed by atoms with Gasteiger partial charge in [-0.15, -0.1) is 0 Å². The minimum absolute atomic E-state index is 0.315. The number of nitrogens with one attached hydrogen (secondary N) is 2. The molecule has 3 N–H and O–H groups in total. The molecule has 4 heteroatoms. The Morgan fingerprint density at radius 1 is 1.08 bits per heavy atom. The Hall–Kier alpha value is -2.49. The molecular weight excluding hydrogens is 298 g/mol. The van der Waals surface area contributed by atoms with Crippen LogP contribution in [-0.4, -0.2) is 22.3 Å². The second-order valence-corrected chi connectivity index (χ2v) is 6.66. The molecule has 0 spiro atoms. The number of nitrogens with zero attached hydrogens (tertiary/aromatic N) is 1. The van der Waals surface area contributed by atoms with Crippen LogP contribution >= 0.6 is 0 Å². The molecule has 0 fully saturated rings. The minimum atomic E-state index is 0.315. The van der Waals surface area contributed by atoms with Crippen LogP contribution in [0.2, 0.25) is 0 Å². The standard InChI is InChI=1S/C20H23N3O/c24-18-8-5-14(6-9-18)7-10-20-16(13-21-23-20)12-17-11-15-3-1-2-4-19(15)22-17/h5-6,8-9,11-12,21-22,24H,1-4,7,10,13H2/b16-12+. The molecule has 24 heavy (non-hydrogen) atoms. The van der Waals surface area contributed by atoms with E-state index >= 15 is 0 Å². The van der Waals surface area contributed by atoms with Crippen LogP contribution in [0, 0.1) is 0 Å². The van der Waals surface area contributed by atoms with E-state index in [-0.39, 0.29) is 0 Å². The molecule has 0 amide bonds. The van der Waals surface area contributed by atoms with Crippen molar-refractivity contribution in [2.75, 3.05) is 6.54 Å². The van der Waals surface area contributed by atoms with Crippen LogP contribution in [0.15, 0.2) is 41.0 Å². The van der Waals surface area contributed by atoms with Crippen LogP contribution in [-0.2, 0) is 19.3 Å². The van der Waals surface area contributed by atoms with Crippen molar-refractivity contribution >= 4 is 11.8 Å². The van der Waals surface area contributed by atoms with E-state index in [0.717, 1.165) is 25.1 Å². The number of rotatable bonds is 4. The van der Waals surface area contributed by atoms with Gasteiger partial charge in [0.15, 0.2) is 0 Å². The summed E-state index contributed by atoms with van der Waals surface area (Å²) in [6.07, 6.45) is 9.07. The number of aryl methyl sites for hydroxylation is 3. The van der Waals surface area contributed by atoms with Gasteiger partial charge in [-0.05, 0) is 79.5 Å². The van der Waals surface area contributed by atoms with E-state index in [1.807, 2.05) is 12.1 Å². The second kappa shape index (κ2) is 6.56. The smallest absolute Gasteiger partial charge is 0.115 e. The zero-order valence-electron chi connectivity index (χ0n) is 13.8. The van der Waals surface area contributed by atoms with Crippen LogP contribution in [0.1, 0.15) is 41.8 Å². The zero-order chi connectivity index (χ0) is 16.4. The number of hydrazone groups is 1. The lowest BCUT2D eigenvalue weighted by Crippen LogP contribution is -2.04. The maximum atomic E-state index is 9.37. The summed E-state index contributed by atoms with van der Waals surface area (Å²) in [5.74, 6) is 0.315. The van der Waals surface area contributed by atoms with E-state index in [1.165, 1.54) is 53.8 Å². The van der Waals surface area contributed by atoms with E-state index < -0.39 is 0 Å². The predicted octanol–water partition coefficient (Wildman–Crippen LogP) is 3.57. The van der Waals surface area contributed by atoms with E-state index in [1.54, 1.807) is 12.1 Å². The van der Waals surface area contributed by atoms with Gasteiger partial charge in [-0.1, -0.05) is 12.1 Å². The topological polar surface area (TPSA) is 60.4 Å². The summed E-state index contributed by atoms with van der Waals surface area (Å²) in [5, 5.41) is 13.8. The van der Waals surface area contributed by atoms with E-state index in [2.05, 4.69) is 27.7 Å². The highest BCUT2D eigenvalue weighted by atomic mass is 16.3. The van der Waals surface area contributed by atoms with Crippen LogP contribution in [0.3, 0.4) is 0 Å². The summed E-state index contributed by atoms with van der Waals surface area (Å²) in [5.41, 5.74) is 10.9. The number of aromatic nitrogens is 1. The highest BCUT2D eigenvalue weighted by Crippen LogP contribution is 2.23. The maximum absolute atomic E-state index is 9.37. The molecule has 124 valence electrons. The molecule has 2 heterocycles. The zero-order valence-corrected chi connectivity index (χ0v) is 13.8. The first-order chi connectivity index (χ1) is 11.8. The molecule has 4 rings (SSSR count). The van der Waals surface area contributed by atoms with Crippen LogP contribution in [0.4, 0.5) is 0 Å². The van der Waals surface area contributed by atoms with Crippen molar-refractivity contribution in [3.05, 3.63) is 58.4 Å². The normalized spacial score (nSPS) is 18.3. The monoisotopic (exact) mass is 321 g/mol. The number of benzene rings is 1. The number of aromatic hydroxyl groups is 1. The van der Waals surface area contributed by atoms with Gasteiger partial charge in [0.2, 0.25) is 0 Å². The lowest BCUT2D eigenvalue weighted by Gasteiger charge is -2.08. The molecule has 0 radical (unpaired) electrons. The summed E-state index contributed by atoms with van der Waals surface area (Å²) in [4.78, 5) is 3.57. The molecule has 4 nitrogen and oxygen atoms in total. The predicted molar refractivity (Wildman–Crippen MR) is 97.3 cm³/mol. The summed E-state index contributed by atoms with van der Waals surface area (Å²) in [6, 6.07) is 9.73. The van der Waals surface area contributed by atoms with Gasteiger partial charge in [0.25, 0.3) is 0 Å². The third kappa shape index (κ3) is 3.23. The summed E-state index contributed by atoms with van der Waals surface area (Å²) < 4.78 is 0. The molecule has 0 saturated heterocycles. The molecule has 1 aliphatic carbocycles. The Morgan fingerprint density at radius 3 is 2.75 bits per heavy atom. The van der Waals surface area contributed by atoms with Crippen molar-refractivity contribution in [1.29, 1.82) is 0 Å². The quantitative estimate of drug-likeness (QED) is 0.806. The average Bonchev–Trinajstić information content (AvgIpc) is 3.20. The third-order valence-corrected chi connectivity index (χ3v) is 4.91. The number of hydrogen-bond acceptors (Lipinski definition) is 3. The lowest BCUT2D eigenvalue weighted by atomic mass is 9.98.